The second kappa shape index (κ2) is 7.06. The Balaban J connectivity index is 2.13. The van der Waals surface area contributed by atoms with Crippen LogP contribution in [-0.4, -0.2) is 33.4 Å². The lowest BCUT2D eigenvalue weighted by Crippen LogP contribution is -2.33. The SMILES string of the molecule is CC(C)CC(O)CNC(=O)CCn1cccn1. The molecule has 1 rings (SSSR count). The molecule has 0 bridgehead atoms. The van der Waals surface area contributed by atoms with E-state index in [9.17, 15) is 9.90 Å². The maximum atomic E-state index is 11.5. The van der Waals surface area contributed by atoms with Crippen LogP contribution in [0.5, 0.6) is 0 Å². The van der Waals surface area contributed by atoms with Gasteiger partial charge in [-0.15, -0.1) is 0 Å². The number of carbonyl (C=O) groups excluding carboxylic acids is 1. The number of hydrogen-bond acceptors (Lipinski definition) is 3. The number of aromatic nitrogens is 2. The van der Waals surface area contributed by atoms with Gasteiger partial charge in [0.15, 0.2) is 0 Å². The Bertz CT molecular complexity index is 323. The minimum Gasteiger partial charge on any atom is -0.391 e. The molecule has 5 nitrogen and oxygen atoms in total. The van der Waals surface area contributed by atoms with Gasteiger partial charge >= 0.3 is 0 Å². The fraction of sp³-hybridized carbons (Fsp3) is 0.667. The molecule has 0 spiro atoms. The van der Waals surface area contributed by atoms with Crippen LogP contribution in [0.25, 0.3) is 0 Å². The van der Waals surface area contributed by atoms with Crippen LogP contribution in [-0.2, 0) is 11.3 Å². The average Bonchev–Trinajstić information content (AvgIpc) is 2.75. The highest BCUT2D eigenvalue weighted by molar-refractivity contribution is 5.75. The third-order valence-corrected chi connectivity index (χ3v) is 2.41. The van der Waals surface area contributed by atoms with Gasteiger partial charge in [0.2, 0.25) is 5.91 Å². The van der Waals surface area contributed by atoms with Crippen molar-refractivity contribution >= 4 is 5.91 Å². The van der Waals surface area contributed by atoms with Crippen LogP contribution in [0.2, 0.25) is 0 Å². The van der Waals surface area contributed by atoms with Crippen molar-refractivity contribution in [3.63, 3.8) is 0 Å². The lowest BCUT2D eigenvalue weighted by molar-refractivity contribution is -0.121. The molecule has 0 aromatic carbocycles. The van der Waals surface area contributed by atoms with Crippen molar-refractivity contribution < 1.29 is 9.90 Å². The highest BCUT2D eigenvalue weighted by Crippen LogP contribution is 2.03. The predicted octanol–water partition coefficient (Wildman–Crippen LogP) is 0.796. The van der Waals surface area contributed by atoms with E-state index >= 15 is 0 Å². The van der Waals surface area contributed by atoms with Gasteiger partial charge < -0.3 is 10.4 Å². The number of rotatable bonds is 7. The third-order valence-electron chi connectivity index (χ3n) is 2.41. The molecule has 0 aliphatic heterocycles. The van der Waals surface area contributed by atoms with Gasteiger partial charge in [-0.3, -0.25) is 9.48 Å². The molecule has 17 heavy (non-hydrogen) atoms. The van der Waals surface area contributed by atoms with E-state index in [0.717, 1.165) is 0 Å². The van der Waals surface area contributed by atoms with E-state index in [-0.39, 0.29) is 5.91 Å². The van der Waals surface area contributed by atoms with Crippen LogP contribution >= 0.6 is 0 Å². The summed E-state index contributed by atoms with van der Waals surface area (Å²) in [5.41, 5.74) is 0. The molecule has 5 heteroatoms. The second-order valence-corrected chi connectivity index (χ2v) is 4.61. The number of aliphatic hydroxyl groups is 1. The summed E-state index contributed by atoms with van der Waals surface area (Å²) < 4.78 is 1.71. The monoisotopic (exact) mass is 239 g/mol. The Morgan fingerprint density at radius 2 is 2.29 bits per heavy atom. The first-order chi connectivity index (χ1) is 8.08. The molecule has 1 aromatic rings. The van der Waals surface area contributed by atoms with Gasteiger partial charge in [-0.05, 0) is 18.4 Å². The molecule has 2 N–H and O–H groups in total. The van der Waals surface area contributed by atoms with Crippen LogP contribution in [0.15, 0.2) is 18.5 Å². The van der Waals surface area contributed by atoms with Crippen LogP contribution in [0.1, 0.15) is 26.7 Å². The van der Waals surface area contributed by atoms with Gasteiger partial charge in [0.25, 0.3) is 0 Å². The quantitative estimate of drug-likeness (QED) is 0.739. The standard InChI is InChI=1S/C12H21N3O2/c1-10(2)8-11(16)9-13-12(17)4-7-15-6-3-5-14-15/h3,5-6,10-11,16H,4,7-9H2,1-2H3,(H,13,17). The minimum absolute atomic E-state index is 0.0525. The molecule has 1 aromatic heterocycles. The fourth-order valence-electron chi connectivity index (χ4n) is 1.60. The largest absolute Gasteiger partial charge is 0.391 e. The zero-order valence-corrected chi connectivity index (χ0v) is 10.5. The summed E-state index contributed by atoms with van der Waals surface area (Å²) in [4.78, 5) is 11.5. The van der Waals surface area contributed by atoms with E-state index < -0.39 is 6.10 Å². The Kier molecular flexibility index (Phi) is 5.69. The molecule has 0 saturated carbocycles. The highest BCUT2D eigenvalue weighted by Gasteiger charge is 2.08. The highest BCUT2D eigenvalue weighted by atomic mass is 16.3. The summed E-state index contributed by atoms with van der Waals surface area (Å²) >= 11 is 0. The molecule has 0 radical (unpaired) electrons. The molecule has 1 unspecified atom stereocenters. The molecular weight excluding hydrogens is 218 g/mol. The lowest BCUT2D eigenvalue weighted by atomic mass is 10.1. The Labute approximate surface area is 102 Å². The topological polar surface area (TPSA) is 67.2 Å². The molecule has 1 atom stereocenters. The van der Waals surface area contributed by atoms with Crippen molar-refractivity contribution in [3.8, 4) is 0 Å². The van der Waals surface area contributed by atoms with Crippen LogP contribution in [0, 0.1) is 5.92 Å². The first kappa shape index (κ1) is 13.7. The number of nitrogens with zero attached hydrogens (tertiary/aromatic N) is 2. The molecule has 0 saturated heterocycles. The van der Waals surface area contributed by atoms with Crippen LogP contribution < -0.4 is 5.32 Å². The van der Waals surface area contributed by atoms with Gasteiger partial charge in [0.1, 0.15) is 0 Å². The second-order valence-electron chi connectivity index (χ2n) is 4.61. The number of aryl methyl sites for hydroxylation is 1. The molecule has 0 fully saturated rings. The van der Waals surface area contributed by atoms with Crippen LogP contribution in [0.4, 0.5) is 0 Å². The zero-order valence-electron chi connectivity index (χ0n) is 10.5. The fourth-order valence-corrected chi connectivity index (χ4v) is 1.60. The van der Waals surface area contributed by atoms with E-state index in [2.05, 4.69) is 10.4 Å². The van der Waals surface area contributed by atoms with Gasteiger partial charge in [-0.2, -0.15) is 5.10 Å². The predicted molar refractivity (Wildman–Crippen MR) is 65.3 cm³/mol. The van der Waals surface area contributed by atoms with Crippen molar-refractivity contribution in [3.05, 3.63) is 18.5 Å². The molecule has 1 amide bonds. The Morgan fingerprint density at radius 1 is 1.53 bits per heavy atom. The number of carbonyl (C=O) groups is 1. The summed E-state index contributed by atoms with van der Waals surface area (Å²) in [6, 6.07) is 1.82. The van der Waals surface area contributed by atoms with Gasteiger partial charge in [0.05, 0.1) is 6.10 Å². The number of amides is 1. The normalized spacial score (nSPS) is 12.7. The molecular formula is C12H21N3O2. The van der Waals surface area contributed by atoms with E-state index in [1.165, 1.54) is 0 Å². The maximum absolute atomic E-state index is 11.5. The minimum atomic E-state index is -0.455. The molecule has 96 valence electrons. The van der Waals surface area contributed by atoms with E-state index in [1.807, 2.05) is 26.1 Å². The van der Waals surface area contributed by atoms with Gasteiger partial charge in [-0.1, -0.05) is 13.8 Å². The summed E-state index contributed by atoms with van der Waals surface area (Å²) in [6.45, 7) is 4.99. The molecule has 0 aliphatic carbocycles. The average molecular weight is 239 g/mol. The van der Waals surface area contributed by atoms with E-state index in [1.54, 1.807) is 10.9 Å². The van der Waals surface area contributed by atoms with Crippen LogP contribution in [0.3, 0.4) is 0 Å². The molecule has 1 heterocycles. The van der Waals surface area contributed by atoms with E-state index in [0.29, 0.717) is 31.8 Å². The first-order valence-corrected chi connectivity index (χ1v) is 6.00. The summed E-state index contributed by atoms with van der Waals surface area (Å²) in [6.07, 6.45) is 4.14. The van der Waals surface area contributed by atoms with Gasteiger partial charge in [-0.25, -0.2) is 0 Å². The van der Waals surface area contributed by atoms with Crippen molar-refractivity contribution in [2.45, 2.75) is 39.3 Å². The van der Waals surface area contributed by atoms with Crippen molar-refractivity contribution in [1.82, 2.24) is 15.1 Å². The third kappa shape index (κ3) is 6.06. The lowest BCUT2D eigenvalue weighted by Gasteiger charge is -2.13. The van der Waals surface area contributed by atoms with Crippen molar-refractivity contribution in [2.75, 3.05) is 6.54 Å². The smallest absolute Gasteiger partial charge is 0.221 e. The Hall–Kier alpha value is -1.36. The van der Waals surface area contributed by atoms with E-state index in [4.69, 9.17) is 0 Å². The first-order valence-electron chi connectivity index (χ1n) is 6.00. The van der Waals surface area contributed by atoms with Gasteiger partial charge in [0, 0.05) is 31.9 Å². The summed E-state index contributed by atoms with van der Waals surface area (Å²) in [7, 11) is 0. The Morgan fingerprint density at radius 3 is 2.88 bits per heavy atom. The number of hydrogen-bond donors (Lipinski definition) is 2. The zero-order chi connectivity index (χ0) is 12.7. The number of aliphatic hydroxyl groups excluding tert-OH is 1. The molecule has 0 aliphatic rings. The maximum Gasteiger partial charge on any atom is 0.221 e. The summed E-state index contributed by atoms with van der Waals surface area (Å²) in [5, 5.41) is 16.3. The number of nitrogens with one attached hydrogen (secondary N) is 1. The van der Waals surface area contributed by atoms with Crippen molar-refractivity contribution in [1.29, 1.82) is 0 Å². The van der Waals surface area contributed by atoms with Crippen molar-refractivity contribution in [2.24, 2.45) is 5.92 Å². The summed E-state index contributed by atoms with van der Waals surface area (Å²) in [5.74, 6) is 0.384.